The molecule has 0 aromatic rings. The van der Waals surface area contributed by atoms with Crippen LogP contribution in [-0.2, 0) is 23.8 Å². The van der Waals surface area contributed by atoms with E-state index in [-0.39, 0.29) is 0 Å². The molecule has 0 aliphatic heterocycles. The van der Waals surface area contributed by atoms with Crippen LogP contribution in [0.5, 0.6) is 0 Å². The highest BCUT2D eigenvalue weighted by Gasteiger charge is 2.33. The summed E-state index contributed by atoms with van der Waals surface area (Å²) in [6.07, 6.45) is 4.31. The minimum absolute atomic E-state index is 0.475. The number of hydrogen-bond acceptors (Lipinski definition) is 5. The Bertz CT molecular complexity index is 369. The molecule has 0 aromatic carbocycles. The lowest BCUT2D eigenvalue weighted by atomic mass is 10.5. The Morgan fingerprint density at radius 2 is 1.70 bits per heavy atom. The second-order valence-corrected chi connectivity index (χ2v) is 7.27. The molecule has 0 unspecified atom stereocenters. The third kappa shape index (κ3) is 6.64. The molecule has 20 heavy (non-hydrogen) atoms. The van der Waals surface area contributed by atoms with Crippen LogP contribution >= 0.6 is 0 Å². The molecule has 0 aromatic heterocycles. The second-order valence-electron chi connectivity index (χ2n) is 4.15. The number of carboxylic acid groups (broad SMARTS) is 1. The number of aliphatic carboxylic acids is 1. The maximum atomic E-state index is 11.2. The normalized spacial score (nSPS) is 12.4. The SMILES string of the molecule is CCOC(C=COC(=O)/C=C\C(=O)O)(OCC)[SiH](C)C. The zero-order chi connectivity index (χ0) is 15.6. The fraction of sp³-hybridized carbons (Fsp3) is 0.538. The predicted molar refractivity (Wildman–Crippen MR) is 76.9 cm³/mol. The average molecular weight is 302 g/mol. The van der Waals surface area contributed by atoms with E-state index >= 15 is 0 Å². The van der Waals surface area contributed by atoms with Crippen molar-refractivity contribution >= 4 is 20.7 Å². The van der Waals surface area contributed by atoms with E-state index in [9.17, 15) is 9.59 Å². The zero-order valence-electron chi connectivity index (χ0n) is 12.3. The summed E-state index contributed by atoms with van der Waals surface area (Å²) in [4.78, 5) is 21.5. The summed E-state index contributed by atoms with van der Waals surface area (Å²) < 4.78 is 16.1. The number of carbonyl (C=O) groups is 2. The van der Waals surface area contributed by atoms with Crippen molar-refractivity contribution in [3.8, 4) is 0 Å². The standard InChI is InChI=1S/C13H22O6Si/c1-5-18-13(19-6-2,20(3)4)9-10-17-12(16)8-7-11(14)15/h7-10,20H,5-6H2,1-4H3,(H,14,15)/b8-7-,10-9?. The molecule has 0 spiro atoms. The smallest absolute Gasteiger partial charge is 0.335 e. The van der Waals surface area contributed by atoms with Crippen LogP contribution in [0.2, 0.25) is 13.1 Å². The molecule has 0 aliphatic rings. The molecule has 114 valence electrons. The molecule has 0 heterocycles. The minimum atomic E-state index is -1.39. The van der Waals surface area contributed by atoms with Gasteiger partial charge in [0, 0.05) is 31.4 Å². The maximum absolute atomic E-state index is 11.2. The van der Waals surface area contributed by atoms with Crippen LogP contribution in [0.15, 0.2) is 24.5 Å². The first-order valence-corrected chi connectivity index (χ1v) is 9.33. The Balaban J connectivity index is 4.76. The van der Waals surface area contributed by atoms with Crippen molar-refractivity contribution in [3.05, 3.63) is 24.5 Å². The molecule has 0 radical (unpaired) electrons. The monoisotopic (exact) mass is 302 g/mol. The maximum Gasteiger partial charge on any atom is 0.335 e. The van der Waals surface area contributed by atoms with Gasteiger partial charge in [-0.3, -0.25) is 0 Å². The molecule has 0 saturated heterocycles. The van der Waals surface area contributed by atoms with E-state index in [1.807, 2.05) is 13.8 Å². The fourth-order valence-electron chi connectivity index (χ4n) is 1.49. The Morgan fingerprint density at radius 1 is 1.15 bits per heavy atom. The van der Waals surface area contributed by atoms with Gasteiger partial charge in [0.05, 0.1) is 6.26 Å². The van der Waals surface area contributed by atoms with Gasteiger partial charge >= 0.3 is 11.9 Å². The largest absolute Gasteiger partial charge is 0.478 e. The third-order valence-electron chi connectivity index (χ3n) is 2.39. The van der Waals surface area contributed by atoms with E-state index in [2.05, 4.69) is 13.1 Å². The molecular weight excluding hydrogens is 280 g/mol. The summed E-state index contributed by atoms with van der Waals surface area (Å²) in [5, 5.41) is 8.38. The first-order valence-electron chi connectivity index (χ1n) is 6.45. The molecule has 1 N–H and O–H groups in total. The van der Waals surface area contributed by atoms with E-state index in [1.54, 1.807) is 6.08 Å². The third-order valence-corrected chi connectivity index (χ3v) is 4.53. The summed E-state index contributed by atoms with van der Waals surface area (Å²) in [5.41, 5.74) is -0.833. The Labute approximate surface area is 120 Å². The Kier molecular flexibility index (Phi) is 8.78. The van der Waals surface area contributed by atoms with E-state index in [4.69, 9.17) is 19.3 Å². The van der Waals surface area contributed by atoms with Gasteiger partial charge in [-0.1, -0.05) is 13.1 Å². The Morgan fingerprint density at radius 3 is 2.10 bits per heavy atom. The van der Waals surface area contributed by atoms with Crippen LogP contribution < -0.4 is 0 Å². The van der Waals surface area contributed by atoms with Crippen molar-refractivity contribution in [1.29, 1.82) is 0 Å². The van der Waals surface area contributed by atoms with Gasteiger partial charge in [0.1, 0.15) is 8.80 Å². The van der Waals surface area contributed by atoms with E-state index in [0.29, 0.717) is 19.3 Å². The molecule has 0 rings (SSSR count). The van der Waals surface area contributed by atoms with Gasteiger partial charge in [-0.2, -0.15) is 0 Å². The summed E-state index contributed by atoms with van der Waals surface area (Å²) in [7, 11) is -1.39. The summed E-state index contributed by atoms with van der Waals surface area (Å²) >= 11 is 0. The van der Waals surface area contributed by atoms with E-state index in [0.717, 1.165) is 6.08 Å². The lowest BCUT2D eigenvalue weighted by Crippen LogP contribution is -2.46. The highest BCUT2D eigenvalue weighted by atomic mass is 28.3. The topological polar surface area (TPSA) is 82.1 Å². The number of ether oxygens (including phenoxy) is 3. The lowest BCUT2D eigenvalue weighted by molar-refractivity contribution is -0.146. The summed E-state index contributed by atoms with van der Waals surface area (Å²) in [5.74, 6) is -1.98. The highest BCUT2D eigenvalue weighted by molar-refractivity contribution is 6.59. The minimum Gasteiger partial charge on any atom is -0.478 e. The lowest BCUT2D eigenvalue weighted by Gasteiger charge is -2.33. The van der Waals surface area contributed by atoms with Gasteiger partial charge in [0.15, 0.2) is 5.41 Å². The molecule has 0 bridgehead atoms. The molecule has 0 saturated carbocycles. The molecule has 0 fully saturated rings. The number of carboxylic acids is 1. The summed E-state index contributed by atoms with van der Waals surface area (Å²) in [6, 6.07) is 0. The predicted octanol–water partition coefficient (Wildman–Crippen LogP) is 1.48. The molecule has 0 aliphatic carbocycles. The van der Waals surface area contributed by atoms with E-state index in [1.165, 1.54) is 6.26 Å². The van der Waals surface area contributed by atoms with Crippen LogP contribution in [0.4, 0.5) is 0 Å². The molecule has 6 nitrogen and oxygen atoms in total. The molecule has 0 amide bonds. The van der Waals surface area contributed by atoms with Crippen molar-refractivity contribution in [2.45, 2.75) is 32.4 Å². The number of carbonyl (C=O) groups excluding carboxylic acids is 1. The van der Waals surface area contributed by atoms with Crippen LogP contribution in [-0.4, -0.2) is 44.5 Å². The Hall–Kier alpha value is -1.44. The quantitative estimate of drug-likeness (QED) is 0.228. The number of rotatable bonds is 9. The van der Waals surface area contributed by atoms with Crippen LogP contribution in [0.3, 0.4) is 0 Å². The number of esters is 1. The van der Waals surface area contributed by atoms with Crippen molar-refractivity contribution < 1.29 is 28.9 Å². The van der Waals surface area contributed by atoms with Crippen molar-refractivity contribution in [1.82, 2.24) is 0 Å². The van der Waals surface area contributed by atoms with Crippen LogP contribution in [0, 0.1) is 0 Å². The molecule has 0 atom stereocenters. The fourth-order valence-corrected chi connectivity index (χ4v) is 2.95. The van der Waals surface area contributed by atoms with Gasteiger partial charge in [0.2, 0.25) is 0 Å². The van der Waals surface area contributed by atoms with Crippen LogP contribution in [0.25, 0.3) is 0 Å². The zero-order valence-corrected chi connectivity index (χ0v) is 13.4. The van der Waals surface area contributed by atoms with Crippen molar-refractivity contribution in [2.24, 2.45) is 0 Å². The van der Waals surface area contributed by atoms with Gasteiger partial charge in [-0.25, -0.2) is 9.59 Å². The number of hydrogen-bond donors (Lipinski definition) is 1. The van der Waals surface area contributed by atoms with Gasteiger partial charge < -0.3 is 19.3 Å². The van der Waals surface area contributed by atoms with Gasteiger partial charge in [0.25, 0.3) is 0 Å². The van der Waals surface area contributed by atoms with Gasteiger partial charge in [-0.15, -0.1) is 0 Å². The molecule has 7 heteroatoms. The van der Waals surface area contributed by atoms with Crippen LogP contribution in [0.1, 0.15) is 13.8 Å². The van der Waals surface area contributed by atoms with Crippen molar-refractivity contribution in [2.75, 3.05) is 13.2 Å². The second kappa shape index (κ2) is 9.46. The first kappa shape index (κ1) is 18.6. The average Bonchev–Trinajstić information content (AvgIpc) is 2.36. The molecular formula is C13H22O6Si. The highest BCUT2D eigenvalue weighted by Crippen LogP contribution is 2.20. The van der Waals surface area contributed by atoms with E-state index < -0.39 is 26.1 Å². The summed E-state index contributed by atoms with van der Waals surface area (Å²) in [6.45, 7) is 8.79. The van der Waals surface area contributed by atoms with Gasteiger partial charge in [-0.05, 0) is 13.8 Å². The first-order chi connectivity index (χ1) is 9.38. The van der Waals surface area contributed by atoms with Crippen molar-refractivity contribution in [3.63, 3.8) is 0 Å².